The molecule has 0 saturated carbocycles. The van der Waals surface area contributed by atoms with Gasteiger partial charge >= 0.3 is 0 Å². The summed E-state index contributed by atoms with van der Waals surface area (Å²) in [7, 11) is 0. The van der Waals surface area contributed by atoms with E-state index < -0.39 is 11.8 Å². The second-order valence-corrected chi connectivity index (χ2v) is 7.80. The zero-order valence-corrected chi connectivity index (χ0v) is 18.4. The number of carbonyl (C=O) groups is 2. The fourth-order valence-corrected chi connectivity index (χ4v) is 3.56. The van der Waals surface area contributed by atoms with Gasteiger partial charge in [0.1, 0.15) is 5.70 Å². The molecule has 6 nitrogen and oxygen atoms in total. The fourth-order valence-electron chi connectivity index (χ4n) is 2.92. The van der Waals surface area contributed by atoms with Crippen molar-refractivity contribution < 1.29 is 19.1 Å². The highest BCUT2D eigenvalue weighted by molar-refractivity contribution is 9.10. The van der Waals surface area contributed by atoms with E-state index >= 15 is 0 Å². The first-order chi connectivity index (χ1) is 15.0. The van der Waals surface area contributed by atoms with Crippen LogP contribution in [0.2, 0.25) is 5.02 Å². The summed E-state index contributed by atoms with van der Waals surface area (Å²) in [6.45, 7) is 0.140. The topological polar surface area (TPSA) is 76.7 Å². The zero-order valence-electron chi connectivity index (χ0n) is 16.0. The lowest BCUT2D eigenvalue weighted by molar-refractivity contribution is -0.113. The van der Waals surface area contributed by atoms with Crippen molar-refractivity contribution in [2.24, 2.45) is 0 Å². The van der Waals surface area contributed by atoms with E-state index in [0.29, 0.717) is 37.8 Å². The SMILES string of the molecule is O=C(Nc1ccccc1Cl)/C(=C\c1ccc2c(c1)OCO2)NC(=O)c1ccccc1Br. The molecule has 0 saturated heterocycles. The summed E-state index contributed by atoms with van der Waals surface area (Å²) in [5, 5.41) is 5.81. The molecule has 2 N–H and O–H groups in total. The third-order valence-electron chi connectivity index (χ3n) is 4.44. The van der Waals surface area contributed by atoms with Crippen LogP contribution in [0.25, 0.3) is 6.08 Å². The Balaban J connectivity index is 1.66. The maximum absolute atomic E-state index is 13.0. The summed E-state index contributed by atoms with van der Waals surface area (Å²) in [6.07, 6.45) is 1.56. The predicted molar refractivity (Wildman–Crippen MR) is 122 cm³/mol. The van der Waals surface area contributed by atoms with E-state index in [9.17, 15) is 9.59 Å². The Morgan fingerprint density at radius 3 is 2.52 bits per heavy atom. The summed E-state index contributed by atoms with van der Waals surface area (Å²) in [5.41, 5.74) is 1.52. The van der Waals surface area contributed by atoms with Gasteiger partial charge < -0.3 is 20.1 Å². The molecule has 1 aliphatic rings. The van der Waals surface area contributed by atoms with Crippen LogP contribution in [0.15, 0.2) is 76.9 Å². The summed E-state index contributed by atoms with van der Waals surface area (Å²) in [4.78, 5) is 25.9. The molecule has 1 heterocycles. The number of carbonyl (C=O) groups excluding carboxylic acids is 2. The molecule has 4 rings (SSSR count). The summed E-state index contributed by atoms with van der Waals surface area (Å²) in [5.74, 6) is 0.230. The number of fused-ring (bicyclic) bond motifs is 1. The summed E-state index contributed by atoms with van der Waals surface area (Å²) in [6, 6.07) is 19.0. The molecule has 156 valence electrons. The first kappa shape index (κ1) is 21.0. The predicted octanol–water partition coefficient (Wildman–Crippen LogP) is 5.24. The molecule has 8 heteroatoms. The quantitative estimate of drug-likeness (QED) is 0.471. The number of halogens is 2. The standard InChI is InChI=1S/C23H16BrClN2O4/c24-16-6-2-1-5-15(16)22(28)27-19(23(29)26-18-8-4-3-7-17(18)25)11-14-9-10-20-21(12-14)31-13-30-20/h1-12H,13H2,(H,26,29)(H,27,28)/b19-11+. The van der Waals surface area contributed by atoms with Crippen LogP contribution in [0.1, 0.15) is 15.9 Å². The van der Waals surface area contributed by atoms with Crippen LogP contribution >= 0.6 is 27.5 Å². The van der Waals surface area contributed by atoms with Crippen LogP contribution in [-0.2, 0) is 4.79 Å². The second-order valence-electron chi connectivity index (χ2n) is 6.54. The van der Waals surface area contributed by atoms with Gasteiger partial charge in [-0.3, -0.25) is 9.59 Å². The number of para-hydroxylation sites is 1. The smallest absolute Gasteiger partial charge is 0.272 e. The van der Waals surface area contributed by atoms with Crippen molar-refractivity contribution in [2.45, 2.75) is 0 Å². The van der Waals surface area contributed by atoms with Gasteiger partial charge in [-0.1, -0.05) is 41.9 Å². The molecule has 0 radical (unpaired) electrons. The molecule has 0 atom stereocenters. The van der Waals surface area contributed by atoms with E-state index in [-0.39, 0.29) is 12.5 Å². The molecule has 0 unspecified atom stereocenters. The molecule has 3 aromatic carbocycles. The maximum Gasteiger partial charge on any atom is 0.272 e. The molecule has 0 aliphatic carbocycles. The fraction of sp³-hybridized carbons (Fsp3) is 0.0435. The lowest BCUT2D eigenvalue weighted by atomic mass is 10.1. The average Bonchev–Trinajstić information content (AvgIpc) is 3.23. The van der Waals surface area contributed by atoms with Gasteiger partial charge in [-0.2, -0.15) is 0 Å². The largest absolute Gasteiger partial charge is 0.454 e. The minimum absolute atomic E-state index is 0.0412. The van der Waals surface area contributed by atoms with Gasteiger partial charge in [0, 0.05) is 4.47 Å². The van der Waals surface area contributed by atoms with Crippen molar-refractivity contribution >= 4 is 51.1 Å². The first-order valence-corrected chi connectivity index (χ1v) is 10.4. The molecule has 2 amide bonds. The van der Waals surface area contributed by atoms with Gasteiger partial charge in [-0.15, -0.1) is 0 Å². The Morgan fingerprint density at radius 1 is 0.968 bits per heavy atom. The van der Waals surface area contributed by atoms with E-state index in [1.54, 1.807) is 72.8 Å². The van der Waals surface area contributed by atoms with Crippen LogP contribution in [0, 0.1) is 0 Å². The van der Waals surface area contributed by atoms with Crippen molar-refractivity contribution in [2.75, 3.05) is 12.1 Å². The zero-order chi connectivity index (χ0) is 21.8. The molecule has 0 spiro atoms. The van der Waals surface area contributed by atoms with Crippen LogP contribution in [0.3, 0.4) is 0 Å². The van der Waals surface area contributed by atoms with Gasteiger partial charge in [-0.25, -0.2) is 0 Å². The highest BCUT2D eigenvalue weighted by Gasteiger charge is 2.18. The van der Waals surface area contributed by atoms with Crippen molar-refractivity contribution in [3.8, 4) is 11.5 Å². The third kappa shape index (κ3) is 4.90. The van der Waals surface area contributed by atoms with Crippen molar-refractivity contribution in [1.29, 1.82) is 0 Å². The molecule has 0 fully saturated rings. The number of ether oxygens (including phenoxy) is 2. The number of hydrogen-bond donors (Lipinski definition) is 2. The van der Waals surface area contributed by atoms with Crippen molar-refractivity contribution in [3.05, 3.63) is 93.0 Å². The van der Waals surface area contributed by atoms with Crippen LogP contribution in [0.4, 0.5) is 5.69 Å². The van der Waals surface area contributed by atoms with Crippen molar-refractivity contribution in [1.82, 2.24) is 5.32 Å². The molecule has 3 aromatic rings. The Labute approximate surface area is 191 Å². The van der Waals surface area contributed by atoms with Gasteiger partial charge in [0.05, 0.1) is 16.3 Å². The van der Waals surface area contributed by atoms with Crippen LogP contribution in [0.5, 0.6) is 11.5 Å². The van der Waals surface area contributed by atoms with E-state index in [1.807, 2.05) is 0 Å². The Hall–Kier alpha value is -3.29. The van der Waals surface area contributed by atoms with Crippen molar-refractivity contribution in [3.63, 3.8) is 0 Å². The van der Waals surface area contributed by atoms with E-state index in [2.05, 4.69) is 26.6 Å². The minimum atomic E-state index is -0.522. The van der Waals surface area contributed by atoms with Crippen LogP contribution in [-0.4, -0.2) is 18.6 Å². The van der Waals surface area contributed by atoms with Gasteiger partial charge in [0.15, 0.2) is 11.5 Å². The molecular weight excluding hydrogens is 484 g/mol. The molecule has 31 heavy (non-hydrogen) atoms. The Bertz CT molecular complexity index is 1200. The maximum atomic E-state index is 13.0. The summed E-state index contributed by atoms with van der Waals surface area (Å²) < 4.78 is 11.3. The van der Waals surface area contributed by atoms with Crippen LogP contribution < -0.4 is 20.1 Å². The van der Waals surface area contributed by atoms with Gasteiger partial charge in [-0.05, 0) is 64.0 Å². The van der Waals surface area contributed by atoms with Gasteiger partial charge in [0.25, 0.3) is 11.8 Å². The number of anilines is 1. The number of benzene rings is 3. The van der Waals surface area contributed by atoms with E-state index in [4.69, 9.17) is 21.1 Å². The molecule has 0 bridgehead atoms. The number of rotatable bonds is 5. The number of nitrogens with one attached hydrogen (secondary N) is 2. The van der Waals surface area contributed by atoms with E-state index in [0.717, 1.165) is 0 Å². The average molecular weight is 500 g/mol. The molecule has 0 aromatic heterocycles. The second kappa shape index (κ2) is 9.24. The highest BCUT2D eigenvalue weighted by Crippen LogP contribution is 2.33. The lowest BCUT2D eigenvalue weighted by Crippen LogP contribution is -2.31. The van der Waals surface area contributed by atoms with E-state index in [1.165, 1.54) is 0 Å². The highest BCUT2D eigenvalue weighted by atomic mass is 79.9. The Kier molecular flexibility index (Phi) is 6.25. The monoisotopic (exact) mass is 498 g/mol. The third-order valence-corrected chi connectivity index (χ3v) is 5.46. The minimum Gasteiger partial charge on any atom is -0.454 e. The van der Waals surface area contributed by atoms with Gasteiger partial charge in [0.2, 0.25) is 6.79 Å². The Morgan fingerprint density at radius 2 is 1.71 bits per heavy atom. The number of hydrogen-bond acceptors (Lipinski definition) is 4. The first-order valence-electron chi connectivity index (χ1n) is 9.24. The molecule has 1 aliphatic heterocycles. The summed E-state index contributed by atoms with van der Waals surface area (Å²) >= 11 is 9.52. The lowest BCUT2D eigenvalue weighted by Gasteiger charge is -2.13. The number of amides is 2. The molecular formula is C23H16BrClN2O4. The normalized spacial score (nSPS) is 12.4.